The molecule has 0 atom stereocenters. The summed E-state index contributed by atoms with van der Waals surface area (Å²) in [4.78, 5) is 4.06. The van der Waals surface area contributed by atoms with Gasteiger partial charge in [-0.05, 0) is 38.2 Å². The maximum atomic E-state index is 5.74. The van der Waals surface area contributed by atoms with E-state index in [0.29, 0.717) is 27.4 Å². The molecule has 0 saturated carbocycles. The lowest BCUT2D eigenvalue weighted by Gasteiger charge is -2.04. The van der Waals surface area contributed by atoms with Gasteiger partial charge in [0.25, 0.3) is 0 Å². The van der Waals surface area contributed by atoms with E-state index in [0.717, 1.165) is 0 Å². The lowest BCUT2D eigenvalue weighted by Crippen LogP contribution is -2.30. The van der Waals surface area contributed by atoms with Crippen LogP contribution in [0.3, 0.4) is 0 Å². The molecule has 1 heterocycles. The molecule has 6 nitrogen and oxygen atoms in total. The number of thiocarbonyl (C=S) groups is 1. The Labute approximate surface area is 122 Å². The monoisotopic (exact) mass is 298 g/mol. The van der Waals surface area contributed by atoms with Crippen molar-refractivity contribution < 1.29 is 0 Å². The Bertz CT molecular complexity index is 496. The van der Waals surface area contributed by atoms with Crippen molar-refractivity contribution >= 4 is 46.2 Å². The number of hydrogen-bond donors (Lipinski definition) is 3. The molecule has 0 fully saturated rings. The van der Waals surface area contributed by atoms with E-state index in [1.165, 1.54) is 0 Å². The van der Waals surface area contributed by atoms with E-state index in [-0.39, 0.29) is 0 Å². The Morgan fingerprint density at radius 1 is 1.26 bits per heavy atom. The van der Waals surface area contributed by atoms with E-state index >= 15 is 0 Å². The quantitative estimate of drug-likeness (QED) is 0.450. The number of aromatic nitrogens is 1. The molecule has 1 aromatic heterocycles. The van der Waals surface area contributed by atoms with Gasteiger partial charge in [-0.25, -0.2) is 4.98 Å². The molecule has 0 aromatic carbocycles. The molecule has 0 amide bonds. The second-order valence-electron chi connectivity index (χ2n) is 3.56. The third kappa shape index (κ3) is 5.62. The Hall–Kier alpha value is -1.73. The first-order valence-corrected chi connectivity index (χ1v) is 6.25. The highest BCUT2D eigenvalue weighted by molar-refractivity contribution is 7.80. The maximum absolute atomic E-state index is 5.74. The van der Waals surface area contributed by atoms with Gasteiger partial charge in [0, 0.05) is 13.2 Å². The van der Waals surface area contributed by atoms with E-state index in [4.69, 9.17) is 23.8 Å². The molecule has 0 spiro atoms. The van der Waals surface area contributed by atoms with Crippen LogP contribution in [-0.4, -0.2) is 28.6 Å². The molecule has 102 valence electrons. The van der Waals surface area contributed by atoms with Crippen LogP contribution in [0.1, 0.15) is 13.8 Å². The first-order chi connectivity index (χ1) is 9.02. The van der Waals surface area contributed by atoms with Gasteiger partial charge in [-0.3, -0.25) is 10.9 Å². The average Bonchev–Trinajstić information content (AvgIpc) is 2.43. The van der Waals surface area contributed by atoms with Crippen molar-refractivity contribution in [1.82, 2.24) is 15.7 Å². The normalized spacial score (nSPS) is 12.0. The van der Waals surface area contributed by atoms with Crippen molar-refractivity contribution in [2.45, 2.75) is 13.8 Å². The summed E-state index contributed by atoms with van der Waals surface area (Å²) in [5.41, 5.74) is 6.92. The molecule has 0 aliphatic rings. The predicted octanol–water partition coefficient (Wildman–Crippen LogP) is 1.99. The second kappa shape index (κ2) is 7.65. The van der Waals surface area contributed by atoms with Crippen LogP contribution in [0.4, 0.5) is 5.82 Å². The summed E-state index contributed by atoms with van der Waals surface area (Å²) in [6.45, 7) is 3.65. The van der Waals surface area contributed by atoms with Gasteiger partial charge in [0.1, 0.15) is 5.82 Å². The number of hydrogen-bond acceptors (Lipinski definition) is 5. The number of pyridine rings is 1. The van der Waals surface area contributed by atoms with Gasteiger partial charge in [-0.2, -0.15) is 10.2 Å². The average molecular weight is 299 g/mol. The van der Waals surface area contributed by atoms with Crippen LogP contribution in [-0.2, 0) is 0 Å². The smallest absolute Gasteiger partial charge is 0.186 e. The lowest BCUT2D eigenvalue weighted by molar-refractivity contribution is 0.976. The third-order valence-electron chi connectivity index (χ3n) is 2.14. The highest BCUT2D eigenvalue weighted by Crippen LogP contribution is 2.09. The molecular formula is C11H15ClN6S. The number of nitrogens with one attached hydrogen (secondary N) is 3. The molecule has 0 aliphatic carbocycles. The van der Waals surface area contributed by atoms with E-state index in [2.05, 4.69) is 31.4 Å². The minimum absolute atomic E-state index is 0.444. The molecule has 0 radical (unpaired) electrons. The minimum Gasteiger partial charge on any atom is -0.364 e. The van der Waals surface area contributed by atoms with Crippen LogP contribution in [0.25, 0.3) is 0 Å². The van der Waals surface area contributed by atoms with Gasteiger partial charge in [0.2, 0.25) is 0 Å². The molecule has 19 heavy (non-hydrogen) atoms. The lowest BCUT2D eigenvalue weighted by atomic mass is 10.3. The van der Waals surface area contributed by atoms with Crippen LogP contribution in [0.15, 0.2) is 28.5 Å². The zero-order chi connectivity index (χ0) is 14.3. The molecule has 0 saturated heterocycles. The topological polar surface area (TPSA) is 73.7 Å². The molecule has 0 bridgehead atoms. The Kier molecular flexibility index (Phi) is 6.17. The van der Waals surface area contributed by atoms with Crippen LogP contribution < -0.4 is 16.2 Å². The zero-order valence-electron chi connectivity index (χ0n) is 10.9. The highest BCUT2D eigenvalue weighted by Gasteiger charge is 1.98. The number of anilines is 1. The summed E-state index contributed by atoms with van der Waals surface area (Å²) < 4.78 is 0. The number of nitrogens with zero attached hydrogens (tertiary/aromatic N) is 3. The van der Waals surface area contributed by atoms with E-state index < -0.39 is 0 Å². The third-order valence-corrected chi connectivity index (χ3v) is 2.66. The van der Waals surface area contributed by atoms with Gasteiger partial charge in [-0.1, -0.05) is 11.6 Å². The van der Waals surface area contributed by atoms with Crippen molar-refractivity contribution in [3.05, 3.63) is 23.4 Å². The van der Waals surface area contributed by atoms with Crippen LogP contribution in [0.5, 0.6) is 0 Å². The molecule has 0 aliphatic heterocycles. The van der Waals surface area contributed by atoms with Gasteiger partial charge < -0.3 is 5.32 Å². The largest absolute Gasteiger partial charge is 0.364 e. The summed E-state index contributed by atoms with van der Waals surface area (Å²) in [5, 5.41) is 12.0. The fraction of sp³-hybridized carbons (Fsp3) is 0.273. The van der Waals surface area contributed by atoms with Gasteiger partial charge in [-0.15, -0.1) is 0 Å². The number of hydrazone groups is 2. The van der Waals surface area contributed by atoms with Gasteiger partial charge >= 0.3 is 0 Å². The molecular weight excluding hydrogens is 284 g/mol. The Morgan fingerprint density at radius 2 is 1.95 bits per heavy atom. The summed E-state index contributed by atoms with van der Waals surface area (Å²) in [6.07, 6.45) is 1.54. The van der Waals surface area contributed by atoms with Gasteiger partial charge in [0.05, 0.1) is 16.4 Å². The van der Waals surface area contributed by atoms with Crippen molar-refractivity contribution in [3.63, 3.8) is 0 Å². The molecule has 3 N–H and O–H groups in total. The highest BCUT2D eigenvalue weighted by atomic mass is 35.5. The summed E-state index contributed by atoms with van der Waals surface area (Å²) >= 11 is 10.6. The van der Waals surface area contributed by atoms with Crippen molar-refractivity contribution in [3.8, 4) is 0 Å². The first-order valence-electron chi connectivity index (χ1n) is 5.47. The van der Waals surface area contributed by atoms with Crippen molar-refractivity contribution in [2.75, 3.05) is 12.5 Å². The zero-order valence-corrected chi connectivity index (χ0v) is 12.4. The molecule has 0 unspecified atom stereocenters. The fourth-order valence-corrected chi connectivity index (χ4v) is 1.09. The molecule has 1 rings (SSSR count). The van der Waals surface area contributed by atoms with Gasteiger partial charge in [0.15, 0.2) is 5.11 Å². The van der Waals surface area contributed by atoms with Crippen LogP contribution in [0.2, 0.25) is 5.02 Å². The summed E-state index contributed by atoms with van der Waals surface area (Å²) in [5.74, 6) is 0.607. The maximum Gasteiger partial charge on any atom is 0.186 e. The molecule has 8 heteroatoms. The first kappa shape index (κ1) is 15.3. The standard InChI is InChI=1S/C11H15ClN6S/c1-7(8(2)16-18-11(19)13-3)15-17-10-5-4-9(12)6-14-10/h4-6H,1-3H3,(H,14,17)(H2,13,18,19). The predicted molar refractivity (Wildman–Crippen MR) is 83.9 cm³/mol. The Balaban J connectivity index is 2.61. The summed E-state index contributed by atoms with van der Waals surface area (Å²) in [6, 6.07) is 3.47. The SMILES string of the molecule is CNC(=S)NN=C(C)C(C)=NNc1ccc(Cl)cn1. The van der Waals surface area contributed by atoms with E-state index in [1.807, 2.05) is 13.8 Å². The summed E-state index contributed by atoms with van der Waals surface area (Å²) in [7, 11) is 1.72. The van der Waals surface area contributed by atoms with Crippen LogP contribution >= 0.6 is 23.8 Å². The fourth-order valence-electron chi connectivity index (χ4n) is 0.935. The minimum atomic E-state index is 0.444. The molecule has 1 aromatic rings. The van der Waals surface area contributed by atoms with E-state index in [9.17, 15) is 0 Å². The van der Waals surface area contributed by atoms with E-state index in [1.54, 1.807) is 25.4 Å². The number of rotatable bonds is 4. The van der Waals surface area contributed by atoms with Crippen LogP contribution in [0, 0.1) is 0 Å². The second-order valence-corrected chi connectivity index (χ2v) is 4.40. The Morgan fingerprint density at radius 3 is 2.53 bits per heavy atom. The van der Waals surface area contributed by atoms with Crippen molar-refractivity contribution in [1.29, 1.82) is 0 Å². The number of halogens is 1. The van der Waals surface area contributed by atoms with Crippen molar-refractivity contribution in [2.24, 2.45) is 10.2 Å².